The average Bonchev–Trinajstić information content (AvgIpc) is 3.51. The minimum Gasteiger partial charge on any atom is -0.338 e. The van der Waals surface area contributed by atoms with Crippen molar-refractivity contribution in [3.05, 3.63) is 76.9 Å². The number of carbonyl (C=O) groups is 1. The van der Waals surface area contributed by atoms with Gasteiger partial charge in [-0.2, -0.15) is 4.98 Å². The van der Waals surface area contributed by atoms with Gasteiger partial charge in [0, 0.05) is 42.7 Å². The molecule has 168 valence electrons. The van der Waals surface area contributed by atoms with Crippen LogP contribution < -0.4 is 0 Å². The van der Waals surface area contributed by atoms with Crippen LogP contribution in [-0.2, 0) is 6.54 Å². The summed E-state index contributed by atoms with van der Waals surface area (Å²) in [6.07, 6.45) is 0. The quantitative estimate of drug-likeness (QED) is 0.440. The van der Waals surface area contributed by atoms with Crippen LogP contribution in [0.15, 0.2) is 58.4 Å². The van der Waals surface area contributed by atoms with E-state index in [2.05, 4.69) is 20.0 Å². The van der Waals surface area contributed by atoms with Crippen LogP contribution in [0.1, 0.15) is 21.9 Å². The smallest absolute Gasteiger partial charge is 0.273 e. The number of thiazole rings is 1. The summed E-state index contributed by atoms with van der Waals surface area (Å²) < 4.78 is 18.6. The monoisotopic (exact) mass is 463 g/mol. The molecule has 5 rings (SSSR count). The summed E-state index contributed by atoms with van der Waals surface area (Å²) >= 11 is 1.39. The van der Waals surface area contributed by atoms with Crippen molar-refractivity contribution in [3.8, 4) is 22.0 Å². The Bertz CT molecular complexity index is 1240. The summed E-state index contributed by atoms with van der Waals surface area (Å²) in [5.74, 6) is 0.767. The number of carbonyl (C=O) groups excluding carboxylic acids is 1. The van der Waals surface area contributed by atoms with Crippen LogP contribution in [0.4, 0.5) is 4.39 Å². The van der Waals surface area contributed by atoms with Crippen molar-refractivity contribution in [1.29, 1.82) is 0 Å². The molecule has 0 saturated carbocycles. The molecular weight excluding hydrogens is 441 g/mol. The summed E-state index contributed by atoms with van der Waals surface area (Å²) in [7, 11) is 0. The first-order valence-electron chi connectivity index (χ1n) is 10.7. The number of halogens is 1. The van der Waals surface area contributed by atoms with Crippen molar-refractivity contribution in [3.63, 3.8) is 0 Å². The molecule has 4 aromatic rings. The van der Waals surface area contributed by atoms with E-state index < -0.39 is 0 Å². The molecular formula is C24H22FN5O2S. The normalized spacial score (nSPS) is 14.5. The fourth-order valence-electron chi connectivity index (χ4n) is 3.70. The van der Waals surface area contributed by atoms with Crippen LogP contribution >= 0.6 is 11.3 Å². The predicted octanol–water partition coefficient (Wildman–Crippen LogP) is 4.27. The maximum atomic E-state index is 13.1. The Morgan fingerprint density at radius 3 is 2.42 bits per heavy atom. The second-order valence-electron chi connectivity index (χ2n) is 7.99. The van der Waals surface area contributed by atoms with E-state index in [-0.39, 0.29) is 11.7 Å². The van der Waals surface area contributed by atoms with E-state index in [1.165, 1.54) is 29.0 Å². The third-order valence-corrected chi connectivity index (χ3v) is 6.50. The van der Waals surface area contributed by atoms with Crippen molar-refractivity contribution in [2.45, 2.75) is 13.5 Å². The Morgan fingerprint density at radius 1 is 1.00 bits per heavy atom. The topological polar surface area (TPSA) is 75.4 Å². The molecule has 7 nitrogen and oxygen atoms in total. The van der Waals surface area contributed by atoms with Gasteiger partial charge in [0.05, 0.1) is 6.54 Å². The summed E-state index contributed by atoms with van der Waals surface area (Å²) in [6.45, 7) is 5.20. The molecule has 1 amide bonds. The number of aromatic nitrogens is 3. The molecule has 0 aliphatic carbocycles. The van der Waals surface area contributed by atoms with Crippen molar-refractivity contribution in [2.24, 2.45) is 0 Å². The minimum absolute atomic E-state index is 0.0845. The Labute approximate surface area is 194 Å². The average molecular weight is 464 g/mol. The van der Waals surface area contributed by atoms with E-state index in [0.29, 0.717) is 55.1 Å². The number of nitrogens with zero attached hydrogens (tertiary/aromatic N) is 5. The van der Waals surface area contributed by atoms with E-state index in [1.54, 1.807) is 17.5 Å². The van der Waals surface area contributed by atoms with Crippen LogP contribution in [0, 0.1) is 12.7 Å². The van der Waals surface area contributed by atoms with Crippen molar-refractivity contribution in [1.82, 2.24) is 24.9 Å². The van der Waals surface area contributed by atoms with Crippen molar-refractivity contribution in [2.75, 3.05) is 26.2 Å². The first kappa shape index (κ1) is 21.4. The SMILES string of the molecule is Cc1ccc(-c2noc(CN3CCN(C(=O)c4csc(-c5ccc(F)cc5)n4)CC3)n2)cc1. The number of benzene rings is 2. The molecule has 9 heteroatoms. The molecule has 2 aromatic heterocycles. The Morgan fingerprint density at radius 2 is 1.70 bits per heavy atom. The molecule has 1 fully saturated rings. The molecule has 0 bridgehead atoms. The zero-order valence-corrected chi connectivity index (χ0v) is 18.9. The summed E-state index contributed by atoms with van der Waals surface area (Å²) in [5, 5.41) is 6.56. The minimum atomic E-state index is -0.295. The second-order valence-corrected chi connectivity index (χ2v) is 8.85. The van der Waals surface area contributed by atoms with E-state index in [9.17, 15) is 9.18 Å². The molecule has 0 unspecified atom stereocenters. The first-order valence-corrected chi connectivity index (χ1v) is 11.6. The van der Waals surface area contributed by atoms with Gasteiger partial charge in [-0.15, -0.1) is 11.3 Å². The lowest BCUT2D eigenvalue weighted by Crippen LogP contribution is -2.48. The lowest BCUT2D eigenvalue weighted by molar-refractivity contribution is 0.0610. The van der Waals surface area contributed by atoms with Crippen LogP contribution in [0.25, 0.3) is 22.0 Å². The van der Waals surface area contributed by atoms with Gasteiger partial charge in [0.25, 0.3) is 5.91 Å². The van der Waals surface area contributed by atoms with Gasteiger partial charge in [-0.3, -0.25) is 9.69 Å². The summed E-state index contributed by atoms with van der Waals surface area (Å²) in [5.41, 5.74) is 3.33. The van der Waals surface area contributed by atoms with Gasteiger partial charge in [0.2, 0.25) is 11.7 Å². The van der Waals surface area contributed by atoms with Gasteiger partial charge < -0.3 is 9.42 Å². The molecule has 0 spiro atoms. The molecule has 3 heterocycles. The third kappa shape index (κ3) is 4.84. The number of amides is 1. The number of hydrogen-bond acceptors (Lipinski definition) is 7. The number of aryl methyl sites for hydroxylation is 1. The third-order valence-electron chi connectivity index (χ3n) is 5.61. The van der Waals surface area contributed by atoms with Gasteiger partial charge in [0.15, 0.2) is 0 Å². The second kappa shape index (κ2) is 9.21. The van der Waals surface area contributed by atoms with E-state index >= 15 is 0 Å². The lowest BCUT2D eigenvalue weighted by Gasteiger charge is -2.33. The zero-order chi connectivity index (χ0) is 22.8. The molecule has 1 aliphatic rings. The van der Waals surface area contributed by atoms with E-state index in [0.717, 1.165) is 11.1 Å². The van der Waals surface area contributed by atoms with Gasteiger partial charge >= 0.3 is 0 Å². The molecule has 0 atom stereocenters. The van der Waals surface area contributed by atoms with E-state index in [4.69, 9.17) is 4.52 Å². The Hall–Kier alpha value is -3.43. The Balaban J connectivity index is 1.16. The highest BCUT2D eigenvalue weighted by Crippen LogP contribution is 2.25. The summed E-state index contributed by atoms with van der Waals surface area (Å²) in [6, 6.07) is 14.1. The van der Waals surface area contributed by atoms with Crippen LogP contribution in [0.3, 0.4) is 0 Å². The largest absolute Gasteiger partial charge is 0.338 e. The number of hydrogen-bond donors (Lipinski definition) is 0. The van der Waals surface area contributed by atoms with Crippen LogP contribution in [-0.4, -0.2) is 57.0 Å². The van der Waals surface area contributed by atoms with Crippen molar-refractivity contribution < 1.29 is 13.7 Å². The van der Waals surface area contributed by atoms with Gasteiger partial charge in [-0.05, 0) is 31.2 Å². The molecule has 1 aliphatic heterocycles. The molecule has 33 heavy (non-hydrogen) atoms. The molecule has 0 N–H and O–H groups in total. The van der Waals surface area contributed by atoms with Gasteiger partial charge in [-0.1, -0.05) is 35.0 Å². The predicted molar refractivity (Wildman–Crippen MR) is 123 cm³/mol. The molecule has 2 aromatic carbocycles. The van der Waals surface area contributed by atoms with Gasteiger partial charge in [-0.25, -0.2) is 9.37 Å². The van der Waals surface area contributed by atoms with Gasteiger partial charge in [0.1, 0.15) is 16.5 Å². The number of piperazine rings is 1. The lowest BCUT2D eigenvalue weighted by atomic mass is 10.1. The molecule has 0 radical (unpaired) electrons. The highest BCUT2D eigenvalue weighted by Gasteiger charge is 2.25. The standard InChI is InChI=1S/C24H22FN5O2S/c1-16-2-4-17(5-3-16)22-27-21(32-28-22)14-29-10-12-30(13-11-29)24(31)20-15-33-23(26-20)18-6-8-19(25)9-7-18/h2-9,15H,10-14H2,1H3. The maximum absolute atomic E-state index is 13.1. The Kier molecular flexibility index (Phi) is 5.97. The van der Waals surface area contributed by atoms with E-state index in [1.807, 2.05) is 36.1 Å². The highest BCUT2D eigenvalue weighted by atomic mass is 32.1. The zero-order valence-electron chi connectivity index (χ0n) is 18.1. The van der Waals surface area contributed by atoms with Crippen LogP contribution in [0.2, 0.25) is 0 Å². The highest BCUT2D eigenvalue weighted by molar-refractivity contribution is 7.13. The first-order chi connectivity index (χ1) is 16.0. The maximum Gasteiger partial charge on any atom is 0.273 e. The fourth-order valence-corrected chi connectivity index (χ4v) is 4.50. The number of rotatable bonds is 5. The molecule has 1 saturated heterocycles. The van der Waals surface area contributed by atoms with Crippen LogP contribution in [0.5, 0.6) is 0 Å². The fraction of sp³-hybridized carbons (Fsp3) is 0.250. The summed E-state index contributed by atoms with van der Waals surface area (Å²) in [4.78, 5) is 25.9. The van der Waals surface area contributed by atoms with Crippen molar-refractivity contribution >= 4 is 17.2 Å².